The summed E-state index contributed by atoms with van der Waals surface area (Å²) in [6.07, 6.45) is 4.04. The quantitative estimate of drug-likeness (QED) is 0.768. The Morgan fingerprint density at radius 2 is 1.84 bits per heavy atom. The fraction of sp³-hybridized carbons (Fsp3) is 0.300. The molecule has 3 N–H and O–H groups in total. The fourth-order valence-electron chi connectivity index (χ4n) is 3.91. The molecule has 1 aliphatic carbocycles. The first-order valence-corrected chi connectivity index (χ1v) is 8.73. The van der Waals surface area contributed by atoms with E-state index in [1.54, 1.807) is 4.90 Å². The lowest BCUT2D eigenvalue weighted by atomic mass is 10.1. The van der Waals surface area contributed by atoms with Crippen molar-refractivity contribution in [2.45, 2.75) is 31.7 Å². The molecule has 2 aromatic carbocycles. The molecule has 1 saturated carbocycles. The molecule has 5 heteroatoms. The van der Waals surface area contributed by atoms with E-state index in [0.717, 1.165) is 47.4 Å². The monoisotopic (exact) mass is 335 g/mol. The molecular formula is C20H21N3O2. The van der Waals surface area contributed by atoms with Gasteiger partial charge in [-0.2, -0.15) is 0 Å². The maximum atomic E-state index is 13.1. The van der Waals surface area contributed by atoms with Crippen LogP contribution in [0.3, 0.4) is 0 Å². The highest BCUT2D eigenvalue weighted by atomic mass is 16.2. The molecule has 0 saturated heterocycles. The predicted octanol–water partition coefficient (Wildman–Crippen LogP) is 3.19. The summed E-state index contributed by atoms with van der Waals surface area (Å²) in [6.45, 7) is -0.0282. The van der Waals surface area contributed by atoms with Crippen LogP contribution in [0.1, 0.15) is 36.2 Å². The van der Waals surface area contributed by atoms with E-state index in [1.807, 2.05) is 30.3 Å². The van der Waals surface area contributed by atoms with Crippen molar-refractivity contribution in [3.05, 3.63) is 48.2 Å². The van der Waals surface area contributed by atoms with Gasteiger partial charge in [-0.15, -0.1) is 0 Å². The average molecular weight is 335 g/mol. The summed E-state index contributed by atoms with van der Waals surface area (Å²) in [5, 5.41) is 3.27. The Balaban J connectivity index is 1.75. The number of amides is 2. The molecule has 2 amide bonds. The van der Waals surface area contributed by atoms with Gasteiger partial charge in [0.25, 0.3) is 5.91 Å². The van der Waals surface area contributed by atoms with Gasteiger partial charge in [0.2, 0.25) is 5.91 Å². The van der Waals surface area contributed by atoms with Gasteiger partial charge in [0.15, 0.2) is 0 Å². The maximum Gasteiger partial charge on any atom is 0.271 e. The molecular weight excluding hydrogens is 314 g/mol. The van der Waals surface area contributed by atoms with Crippen LogP contribution in [0.15, 0.2) is 42.5 Å². The van der Waals surface area contributed by atoms with Crippen LogP contribution in [0.25, 0.3) is 21.7 Å². The van der Waals surface area contributed by atoms with Gasteiger partial charge in [-0.05, 0) is 35.7 Å². The lowest BCUT2D eigenvalue weighted by Gasteiger charge is -2.27. The first-order chi connectivity index (χ1) is 12.1. The Morgan fingerprint density at radius 3 is 2.60 bits per heavy atom. The normalized spacial score (nSPS) is 15.0. The summed E-state index contributed by atoms with van der Waals surface area (Å²) in [7, 11) is 0. The number of aromatic nitrogens is 1. The third kappa shape index (κ3) is 2.86. The SMILES string of the molecule is NC(=O)CN(C(=O)c1cc2c(ccc3ccccc32)[nH]1)C1CCCC1. The fourth-order valence-corrected chi connectivity index (χ4v) is 3.91. The summed E-state index contributed by atoms with van der Waals surface area (Å²) in [5.41, 5.74) is 6.82. The van der Waals surface area contributed by atoms with E-state index in [0.29, 0.717) is 5.69 Å². The van der Waals surface area contributed by atoms with E-state index >= 15 is 0 Å². The molecule has 0 aliphatic heterocycles. The predicted molar refractivity (Wildman–Crippen MR) is 98.3 cm³/mol. The molecule has 1 aromatic heterocycles. The summed E-state index contributed by atoms with van der Waals surface area (Å²) < 4.78 is 0. The standard InChI is InChI=1S/C20H21N3O2/c21-19(24)12-23(14-6-2-3-7-14)20(25)18-11-16-15-8-4-1-5-13(15)9-10-17(16)22-18/h1,4-5,8-11,14,22H,2-3,6-7,12H2,(H2,21,24). The van der Waals surface area contributed by atoms with Crippen molar-refractivity contribution in [1.82, 2.24) is 9.88 Å². The van der Waals surface area contributed by atoms with E-state index in [4.69, 9.17) is 5.73 Å². The van der Waals surface area contributed by atoms with Gasteiger partial charge in [-0.25, -0.2) is 0 Å². The van der Waals surface area contributed by atoms with Gasteiger partial charge in [0, 0.05) is 16.9 Å². The van der Waals surface area contributed by atoms with Gasteiger partial charge >= 0.3 is 0 Å². The minimum Gasteiger partial charge on any atom is -0.368 e. The van der Waals surface area contributed by atoms with Crippen LogP contribution in [0.4, 0.5) is 0 Å². The molecule has 4 rings (SSSR count). The highest BCUT2D eigenvalue weighted by molar-refractivity contribution is 6.10. The molecule has 0 unspecified atom stereocenters. The van der Waals surface area contributed by atoms with E-state index < -0.39 is 5.91 Å². The van der Waals surface area contributed by atoms with Crippen LogP contribution in [0.2, 0.25) is 0 Å². The van der Waals surface area contributed by atoms with Crippen molar-refractivity contribution < 1.29 is 9.59 Å². The number of carbonyl (C=O) groups excluding carboxylic acids is 2. The lowest BCUT2D eigenvalue weighted by molar-refractivity contribution is -0.119. The van der Waals surface area contributed by atoms with Crippen LogP contribution >= 0.6 is 0 Å². The number of nitrogens with zero attached hydrogens (tertiary/aromatic N) is 1. The smallest absolute Gasteiger partial charge is 0.271 e. The lowest BCUT2D eigenvalue weighted by Crippen LogP contribution is -2.44. The van der Waals surface area contributed by atoms with Crippen LogP contribution in [0, 0.1) is 0 Å². The summed E-state index contributed by atoms with van der Waals surface area (Å²) in [5.74, 6) is -0.618. The second-order valence-electron chi connectivity index (χ2n) is 6.77. The molecule has 3 aromatic rings. The van der Waals surface area contributed by atoms with Crippen molar-refractivity contribution in [2.24, 2.45) is 5.73 Å². The zero-order valence-electron chi connectivity index (χ0n) is 14.0. The largest absolute Gasteiger partial charge is 0.368 e. The van der Waals surface area contributed by atoms with Crippen LogP contribution in [-0.2, 0) is 4.79 Å². The van der Waals surface area contributed by atoms with Gasteiger partial charge in [-0.3, -0.25) is 9.59 Å². The number of nitrogens with two attached hydrogens (primary N) is 1. The second kappa shape index (κ2) is 6.24. The molecule has 25 heavy (non-hydrogen) atoms. The molecule has 0 atom stereocenters. The van der Waals surface area contributed by atoms with Crippen LogP contribution < -0.4 is 5.73 Å². The number of hydrogen-bond acceptors (Lipinski definition) is 2. The molecule has 1 heterocycles. The maximum absolute atomic E-state index is 13.1. The zero-order chi connectivity index (χ0) is 17.4. The van der Waals surface area contributed by atoms with Crippen molar-refractivity contribution in [3.8, 4) is 0 Å². The Hall–Kier alpha value is -2.82. The highest BCUT2D eigenvalue weighted by Crippen LogP contribution is 2.28. The van der Waals surface area contributed by atoms with Gasteiger partial charge in [0.05, 0.1) is 6.54 Å². The van der Waals surface area contributed by atoms with Crippen molar-refractivity contribution in [1.29, 1.82) is 0 Å². The Labute approximate surface area is 145 Å². The summed E-state index contributed by atoms with van der Waals surface area (Å²) >= 11 is 0. The Kier molecular flexibility index (Phi) is 3.92. The number of rotatable bonds is 4. The highest BCUT2D eigenvalue weighted by Gasteiger charge is 2.29. The van der Waals surface area contributed by atoms with Crippen LogP contribution in [-0.4, -0.2) is 34.3 Å². The third-order valence-electron chi connectivity index (χ3n) is 5.11. The summed E-state index contributed by atoms with van der Waals surface area (Å²) in [6, 6.07) is 14.1. The van der Waals surface area contributed by atoms with Crippen molar-refractivity contribution >= 4 is 33.5 Å². The molecule has 5 nitrogen and oxygen atoms in total. The first-order valence-electron chi connectivity index (χ1n) is 8.73. The number of benzene rings is 2. The number of primary amides is 1. The number of nitrogens with one attached hydrogen (secondary N) is 1. The van der Waals surface area contributed by atoms with Crippen molar-refractivity contribution in [2.75, 3.05) is 6.54 Å². The van der Waals surface area contributed by atoms with E-state index in [-0.39, 0.29) is 18.5 Å². The topological polar surface area (TPSA) is 79.2 Å². The van der Waals surface area contributed by atoms with E-state index in [2.05, 4.69) is 17.1 Å². The zero-order valence-corrected chi connectivity index (χ0v) is 14.0. The van der Waals surface area contributed by atoms with Crippen molar-refractivity contribution in [3.63, 3.8) is 0 Å². The molecule has 0 bridgehead atoms. The van der Waals surface area contributed by atoms with Gasteiger partial charge in [-0.1, -0.05) is 43.2 Å². The molecule has 1 fully saturated rings. The minimum atomic E-state index is -0.471. The van der Waals surface area contributed by atoms with Gasteiger partial charge in [0.1, 0.15) is 5.69 Å². The molecule has 128 valence electrons. The number of hydrogen-bond donors (Lipinski definition) is 2. The number of aromatic amines is 1. The van der Waals surface area contributed by atoms with E-state index in [9.17, 15) is 9.59 Å². The number of H-pyrrole nitrogens is 1. The minimum absolute atomic E-state index is 0.0282. The first kappa shape index (κ1) is 15.7. The second-order valence-corrected chi connectivity index (χ2v) is 6.77. The average Bonchev–Trinajstić information content (AvgIpc) is 3.28. The number of carbonyl (C=O) groups is 2. The third-order valence-corrected chi connectivity index (χ3v) is 5.11. The Bertz CT molecular complexity index is 954. The molecule has 1 aliphatic rings. The summed E-state index contributed by atoms with van der Waals surface area (Å²) in [4.78, 5) is 29.4. The van der Waals surface area contributed by atoms with Gasteiger partial charge < -0.3 is 15.6 Å². The molecule has 0 radical (unpaired) electrons. The number of fused-ring (bicyclic) bond motifs is 3. The molecule has 0 spiro atoms. The Morgan fingerprint density at radius 1 is 1.08 bits per heavy atom. The van der Waals surface area contributed by atoms with Crippen LogP contribution in [0.5, 0.6) is 0 Å². The van der Waals surface area contributed by atoms with E-state index in [1.165, 1.54) is 0 Å².